The van der Waals surface area contributed by atoms with E-state index in [1.165, 1.54) is 11.6 Å². The Morgan fingerprint density at radius 1 is 1.08 bits per heavy atom. The topological polar surface area (TPSA) is 12.5 Å². The molecule has 4 atom stereocenters. The second kappa shape index (κ2) is 6.89. The number of hydrogen-bond donors (Lipinski definition) is 0. The lowest BCUT2D eigenvalue weighted by Crippen LogP contribution is -2.44. The third-order valence-corrected chi connectivity index (χ3v) is 6.55. The van der Waals surface area contributed by atoms with E-state index in [4.69, 9.17) is 4.74 Å². The summed E-state index contributed by atoms with van der Waals surface area (Å²) < 4.78 is 44.8. The lowest BCUT2D eigenvalue weighted by atomic mass is 10.1. The largest absolute Gasteiger partial charge is 0.489 e. The Bertz CT molecular complexity index is 767. The number of rotatable bonds is 4. The average molecular weight is 426 g/mol. The van der Waals surface area contributed by atoms with E-state index in [1.807, 2.05) is 18.2 Å². The summed E-state index contributed by atoms with van der Waals surface area (Å²) in [6, 6.07) is 15.6. The second-order valence-electron chi connectivity index (χ2n) is 7.03. The van der Waals surface area contributed by atoms with E-state index in [2.05, 4.69) is 33.0 Å². The average Bonchev–Trinajstić information content (AvgIpc) is 3.06. The molecule has 138 valence electrons. The first-order chi connectivity index (χ1) is 12.4. The second-order valence-corrected chi connectivity index (χ2v) is 8.09. The number of fused-ring (bicyclic) bond motifs is 2. The number of piperidine rings is 1. The van der Waals surface area contributed by atoms with Crippen LogP contribution >= 0.6 is 15.9 Å². The van der Waals surface area contributed by atoms with Gasteiger partial charge in [-0.15, -0.1) is 0 Å². The van der Waals surface area contributed by atoms with Crippen LogP contribution in [-0.4, -0.2) is 28.4 Å². The van der Waals surface area contributed by atoms with Crippen molar-refractivity contribution in [3.05, 3.63) is 65.7 Å². The van der Waals surface area contributed by atoms with Crippen LogP contribution in [0.15, 0.2) is 54.6 Å². The Morgan fingerprint density at radius 2 is 1.85 bits per heavy atom. The molecule has 2 aromatic carbocycles. The predicted octanol–water partition coefficient (Wildman–Crippen LogP) is 5.12. The van der Waals surface area contributed by atoms with Crippen molar-refractivity contribution < 1.29 is 17.9 Å². The zero-order valence-electron chi connectivity index (χ0n) is 14.0. The van der Waals surface area contributed by atoms with Gasteiger partial charge in [-0.1, -0.05) is 52.3 Å². The van der Waals surface area contributed by atoms with Crippen LogP contribution in [-0.2, 0) is 12.7 Å². The quantitative estimate of drug-likeness (QED) is 0.630. The molecule has 0 spiro atoms. The maximum atomic E-state index is 12.9. The van der Waals surface area contributed by atoms with Gasteiger partial charge >= 0.3 is 6.18 Å². The summed E-state index contributed by atoms with van der Waals surface area (Å²) in [6.07, 6.45) is -3.60. The first-order valence-electron chi connectivity index (χ1n) is 8.68. The molecule has 1 aliphatic carbocycles. The monoisotopic (exact) mass is 425 g/mol. The Kier molecular flexibility index (Phi) is 4.73. The van der Waals surface area contributed by atoms with E-state index in [0.29, 0.717) is 10.7 Å². The van der Waals surface area contributed by atoms with Gasteiger partial charge in [0.25, 0.3) is 0 Å². The van der Waals surface area contributed by atoms with E-state index < -0.39 is 11.7 Å². The lowest BCUT2D eigenvalue weighted by Gasteiger charge is -2.33. The van der Waals surface area contributed by atoms with Crippen molar-refractivity contribution in [2.75, 3.05) is 6.54 Å². The predicted molar refractivity (Wildman–Crippen MR) is 97.3 cm³/mol. The van der Waals surface area contributed by atoms with E-state index in [9.17, 15) is 13.2 Å². The third-order valence-electron chi connectivity index (χ3n) is 5.26. The van der Waals surface area contributed by atoms with Crippen LogP contribution in [0.25, 0.3) is 0 Å². The molecule has 2 nitrogen and oxygen atoms in total. The van der Waals surface area contributed by atoms with Gasteiger partial charge in [0.2, 0.25) is 0 Å². The number of nitrogens with zero attached hydrogens (tertiary/aromatic N) is 1. The van der Waals surface area contributed by atoms with Crippen molar-refractivity contribution in [2.45, 2.75) is 36.1 Å². The summed E-state index contributed by atoms with van der Waals surface area (Å²) in [7, 11) is 0. The summed E-state index contributed by atoms with van der Waals surface area (Å²) in [5.74, 6) is 0.747. The van der Waals surface area contributed by atoms with Gasteiger partial charge in [-0.05, 0) is 36.1 Å². The molecule has 6 heteroatoms. The fraction of sp³-hybridized carbons (Fsp3) is 0.400. The van der Waals surface area contributed by atoms with E-state index >= 15 is 0 Å². The first kappa shape index (κ1) is 17.9. The van der Waals surface area contributed by atoms with Crippen molar-refractivity contribution >= 4 is 15.9 Å². The van der Waals surface area contributed by atoms with E-state index in [-0.39, 0.29) is 17.9 Å². The van der Waals surface area contributed by atoms with Crippen LogP contribution in [0.2, 0.25) is 0 Å². The molecule has 26 heavy (non-hydrogen) atoms. The molecule has 0 N–H and O–H groups in total. The Labute approximate surface area is 159 Å². The molecule has 4 rings (SSSR count). The first-order valence-corrected chi connectivity index (χ1v) is 9.59. The van der Waals surface area contributed by atoms with E-state index in [1.54, 1.807) is 6.07 Å². The highest BCUT2D eigenvalue weighted by atomic mass is 79.9. The number of alkyl halides is 4. The standard InChI is InChI=1S/C20H19BrF3NO/c21-18-14-9-17(26-16-8-4-7-15(10-16)20(22,23)24)19(18)25(12-14)11-13-5-2-1-3-6-13/h1-8,10,14,17-19H,9,11-12H2. The maximum absolute atomic E-state index is 12.9. The van der Waals surface area contributed by atoms with E-state index in [0.717, 1.165) is 31.6 Å². The fourth-order valence-electron chi connectivity index (χ4n) is 4.11. The zero-order chi connectivity index (χ0) is 18.3. The molecule has 2 fully saturated rings. The van der Waals surface area contributed by atoms with Crippen LogP contribution in [0.4, 0.5) is 13.2 Å². The molecule has 1 saturated heterocycles. The highest BCUT2D eigenvalue weighted by Crippen LogP contribution is 2.45. The van der Waals surface area contributed by atoms with Gasteiger partial charge in [-0.25, -0.2) is 0 Å². The van der Waals surface area contributed by atoms with Crippen molar-refractivity contribution in [1.29, 1.82) is 0 Å². The summed E-state index contributed by atoms with van der Waals surface area (Å²) in [6.45, 7) is 1.81. The van der Waals surface area contributed by atoms with Gasteiger partial charge in [-0.2, -0.15) is 13.2 Å². The van der Waals surface area contributed by atoms with Gasteiger partial charge in [0, 0.05) is 17.9 Å². The highest BCUT2D eigenvalue weighted by Gasteiger charge is 2.52. The molecule has 2 aromatic rings. The summed E-state index contributed by atoms with van der Waals surface area (Å²) in [5, 5.41) is 0. The molecular weight excluding hydrogens is 407 g/mol. The van der Waals surface area contributed by atoms with Crippen molar-refractivity contribution in [1.82, 2.24) is 4.90 Å². The molecule has 2 bridgehead atoms. The molecule has 1 heterocycles. The summed E-state index contributed by atoms with van der Waals surface area (Å²) >= 11 is 3.78. The summed E-state index contributed by atoms with van der Waals surface area (Å²) in [4.78, 5) is 2.68. The Balaban J connectivity index is 1.49. The minimum absolute atomic E-state index is 0.106. The minimum Gasteiger partial charge on any atom is -0.489 e. The van der Waals surface area contributed by atoms with Crippen LogP contribution in [0.5, 0.6) is 5.75 Å². The Morgan fingerprint density at radius 3 is 2.54 bits per heavy atom. The molecule has 1 saturated carbocycles. The third kappa shape index (κ3) is 3.49. The van der Waals surface area contributed by atoms with Crippen LogP contribution < -0.4 is 4.74 Å². The SMILES string of the molecule is FC(F)(F)c1cccc(OC2CC3CN(Cc4ccccc4)C2C3Br)c1. The van der Waals surface area contributed by atoms with Crippen molar-refractivity contribution in [3.8, 4) is 5.75 Å². The molecule has 0 radical (unpaired) electrons. The highest BCUT2D eigenvalue weighted by molar-refractivity contribution is 9.09. The van der Waals surface area contributed by atoms with Gasteiger partial charge in [-0.3, -0.25) is 4.90 Å². The van der Waals surface area contributed by atoms with Crippen LogP contribution in [0.1, 0.15) is 17.5 Å². The van der Waals surface area contributed by atoms with Crippen LogP contribution in [0.3, 0.4) is 0 Å². The minimum atomic E-state index is -4.36. The molecule has 4 unspecified atom stereocenters. The molecule has 0 aromatic heterocycles. The lowest BCUT2D eigenvalue weighted by molar-refractivity contribution is -0.137. The smallest absolute Gasteiger partial charge is 0.416 e. The molecule has 0 amide bonds. The number of halogens is 4. The van der Waals surface area contributed by atoms with Gasteiger partial charge in [0.15, 0.2) is 0 Å². The zero-order valence-corrected chi connectivity index (χ0v) is 15.6. The summed E-state index contributed by atoms with van der Waals surface area (Å²) in [5.41, 5.74) is 0.562. The normalized spacial score (nSPS) is 28.5. The van der Waals surface area contributed by atoms with Gasteiger partial charge in [0.1, 0.15) is 11.9 Å². The molecule has 2 aliphatic rings. The number of ether oxygens (including phenoxy) is 1. The number of benzene rings is 2. The maximum Gasteiger partial charge on any atom is 0.416 e. The molecular formula is C20H19BrF3NO. The van der Waals surface area contributed by atoms with Crippen molar-refractivity contribution in [3.63, 3.8) is 0 Å². The van der Waals surface area contributed by atoms with Crippen molar-refractivity contribution in [2.24, 2.45) is 5.92 Å². The fourth-order valence-corrected chi connectivity index (χ4v) is 5.17. The molecule has 1 aliphatic heterocycles. The Hall–Kier alpha value is -1.53. The van der Waals surface area contributed by atoms with Gasteiger partial charge in [0.05, 0.1) is 11.6 Å². The van der Waals surface area contributed by atoms with Crippen LogP contribution in [0, 0.1) is 5.92 Å². The number of hydrogen-bond acceptors (Lipinski definition) is 2. The number of likely N-dealkylation sites (tertiary alicyclic amines) is 1. The van der Waals surface area contributed by atoms with Gasteiger partial charge < -0.3 is 4.74 Å².